The summed E-state index contributed by atoms with van der Waals surface area (Å²) in [5.74, 6) is -0.684. The highest BCUT2D eigenvalue weighted by molar-refractivity contribution is 6.35. The topological polar surface area (TPSA) is 147 Å². The number of anilines is 3. The minimum Gasteiger partial charge on any atom is -0.461 e. The number of nitrogens with zero attached hydrogens (tertiary/aromatic N) is 8. The number of pyridine rings is 2. The number of hydrogen-bond acceptors (Lipinski definition) is 11. The third kappa shape index (κ3) is 8.10. The Morgan fingerprint density at radius 1 is 0.704 bits per heavy atom. The largest absolute Gasteiger partial charge is 0.461 e. The summed E-state index contributed by atoms with van der Waals surface area (Å²) in [5.41, 5.74) is 13.7. The average Bonchev–Trinajstić information content (AvgIpc) is 3.73. The Labute approximate surface area is 320 Å². The predicted octanol–water partition coefficient (Wildman–Crippen LogP) is 7.81. The van der Waals surface area contributed by atoms with Crippen molar-refractivity contribution in [1.82, 2.24) is 29.5 Å². The summed E-state index contributed by atoms with van der Waals surface area (Å²) >= 11 is 6.53. The summed E-state index contributed by atoms with van der Waals surface area (Å²) in [6.45, 7) is 12.3. The fraction of sp³-hybridized carbons (Fsp3) is 0.350. The summed E-state index contributed by atoms with van der Waals surface area (Å²) in [5, 5.41) is 11.5. The molecule has 0 fully saturated rings. The van der Waals surface area contributed by atoms with Crippen molar-refractivity contribution in [1.29, 1.82) is 0 Å². The first kappa shape index (κ1) is 39.5. The van der Waals surface area contributed by atoms with Crippen LogP contribution in [0.2, 0.25) is 5.02 Å². The van der Waals surface area contributed by atoms with Gasteiger partial charge in [-0.15, -0.1) is 0 Å². The number of aromatic nitrogens is 6. The highest BCUT2D eigenvalue weighted by Crippen LogP contribution is 2.34. The second-order valence-corrected chi connectivity index (χ2v) is 14.1. The standard InChI is InChI=1S/C20H23ClN4O2.C20H25N5O2/c2*1-6-27-20(26)16-11-15(21)17-18(12(2)3)23-25(19(17)22-16)14-9-7-8-13(10-14)24(4)5/h7-12H,6H2,1-5H3;7-12H,6H2,1-5H3,(H2,21,22). The van der Waals surface area contributed by atoms with Gasteiger partial charge in [-0.05, 0) is 74.2 Å². The lowest BCUT2D eigenvalue weighted by molar-refractivity contribution is 0.0510. The van der Waals surface area contributed by atoms with Gasteiger partial charge in [-0.3, -0.25) is 0 Å². The molecule has 284 valence electrons. The predicted molar refractivity (Wildman–Crippen MR) is 216 cm³/mol. The van der Waals surface area contributed by atoms with Crippen LogP contribution in [0.15, 0.2) is 60.7 Å². The first-order chi connectivity index (χ1) is 25.7. The number of nitrogen functional groups attached to an aromatic ring is 1. The van der Waals surface area contributed by atoms with E-state index in [-0.39, 0.29) is 36.4 Å². The van der Waals surface area contributed by atoms with Gasteiger partial charge >= 0.3 is 11.9 Å². The van der Waals surface area contributed by atoms with Gasteiger partial charge in [0, 0.05) is 45.3 Å². The molecule has 2 aromatic carbocycles. The molecule has 0 saturated carbocycles. The number of rotatable bonds is 10. The van der Waals surface area contributed by atoms with Crippen molar-refractivity contribution in [3.05, 3.63) is 88.5 Å². The lowest BCUT2D eigenvalue weighted by Gasteiger charge is -2.14. The van der Waals surface area contributed by atoms with E-state index in [1.165, 1.54) is 0 Å². The van der Waals surface area contributed by atoms with Crippen LogP contribution in [0.3, 0.4) is 0 Å². The summed E-state index contributed by atoms with van der Waals surface area (Å²) in [6, 6.07) is 19.0. The third-order valence-electron chi connectivity index (χ3n) is 8.56. The molecule has 0 unspecified atom stereocenters. The van der Waals surface area contributed by atoms with Crippen LogP contribution in [0.25, 0.3) is 33.4 Å². The van der Waals surface area contributed by atoms with Crippen LogP contribution in [-0.2, 0) is 9.47 Å². The summed E-state index contributed by atoms with van der Waals surface area (Å²) in [6.07, 6.45) is 0. The van der Waals surface area contributed by atoms with Crippen molar-refractivity contribution in [2.45, 2.75) is 53.4 Å². The van der Waals surface area contributed by atoms with Crippen LogP contribution in [0, 0.1) is 0 Å². The first-order valence-corrected chi connectivity index (χ1v) is 18.2. The van der Waals surface area contributed by atoms with E-state index in [0.717, 1.165) is 44.9 Å². The minimum atomic E-state index is -0.498. The zero-order valence-electron chi connectivity index (χ0n) is 32.5. The lowest BCUT2D eigenvalue weighted by Crippen LogP contribution is -2.10. The van der Waals surface area contributed by atoms with Crippen LogP contribution in [0.1, 0.15) is 85.7 Å². The van der Waals surface area contributed by atoms with E-state index in [1.807, 2.05) is 86.5 Å². The van der Waals surface area contributed by atoms with Crippen LogP contribution in [0.4, 0.5) is 17.1 Å². The molecular weight excluding hydrogens is 706 g/mol. The number of hydrogen-bond donors (Lipinski definition) is 1. The number of carbonyl (C=O) groups excluding carboxylic acids is 2. The molecule has 6 aromatic rings. The van der Waals surface area contributed by atoms with Gasteiger partial charge in [-0.1, -0.05) is 51.4 Å². The molecule has 0 aliphatic carbocycles. The van der Waals surface area contributed by atoms with Crippen molar-refractivity contribution in [3.8, 4) is 11.4 Å². The number of benzene rings is 2. The molecule has 4 heterocycles. The molecule has 2 N–H and O–H groups in total. The van der Waals surface area contributed by atoms with Gasteiger partial charge < -0.3 is 25.0 Å². The third-order valence-corrected chi connectivity index (χ3v) is 8.85. The van der Waals surface area contributed by atoms with Crippen molar-refractivity contribution >= 4 is 62.7 Å². The number of halogens is 1. The molecule has 6 rings (SSSR count). The highest BCUT2D eigenvalue weighted by atomic mass is 35.5. The molecule has 0 saturated heterocycles. The Balaban J connectivity index is 0.000000208. The first-order valence-electron chi connectivity index (χ1n) is 17.8. The van der Waals surface area contributed by atoms with E-state index < -0.39 is 11.9 Å². The summed E-state index contributed by atoms with van der Waals surface area (Å²) < 4.78 is 13.7. The number of nitrogens with two attached hydrogens (primary N) is 1. The Bertz CT molecular complexity index is 2150. The van der Waals surface area contributed by atoms with Crippen molar-refractivity contribution in [2.24, 2.45) is 0 Å². The number of ether oxygens (including phenoxy) is 2. The molecule has 0 aliphatic rings. The van der Waals surface area contributed by atoms with E-state index in [9.17, 15) is 9.59 Å². The van der Waals surface area contributed by atoms with E-state index in [1.54, 1.807) is 35.3 Å². The molecular formula is C40H48ClN9O4. The fourth-order valence-corrected chi connectivity index (χ4v) is 6.15. The summed E-state index contributed by atoms with van der Waals surface area (Å²) in [7, 11) is 7.92. The molecule has 0 radical (unpaired) electrons. The maximum atomic E-state index is 12.2. The van der Waals surface area contributed by atoms with E-state index >= 15 is 0 Å². The molecule has 0 aliphatic heterocycles. The lowest BCUT2D eigenvalue weighted by atomic mass is 10.1. The number of carbonyl (C=O) groups is 2. The van der Waals surface area contributed by atoms with Crippen LogP contribution < -0.4 is 15.5 Å². The van der Waals surface area contributed by atoms with Crippen molar-refractivity contribution in [3.63, 3.8) is 0 Å². The van der Waals surface area contributed by atoms with E-state index in [2.05, 4.69) is 37.7 Å². The molecule has 0 atom stereocenters. The average molecular weight is 754 g/mol. The normalized spacial score (nSPS) is 11.2. The Kier molecular flexibility index (Phi) is 12.1. The number of esters is 2. The highest BCUT2D eigenvalue weighted by Gasteiger charge is 2.24. The van der Waals surface area contributed by atoms with Gasteiger partial charge in [-0.25, -0.2) is 28.9 Å². The van der Waals surface area contributed by atoms with Gasteiger partial charge in [0.25, 0.3) is 0 Å². The zero-order chi connectivity index (χ0) is 39.4. The smallest absolute Gasteiger partial charge is 0.357 e. The Hall–Kier alpha value is -5.69. The second kappa shape index (κ2) is 16.5. The minimum absolute atomic E-state index is 0.151. The maximum Gasteiger partial charge on any atom is 0.357 e. The number of fused-ring (bicyclic) bond motifs is 2. The quantitative estimate of drug-likeness (QED) is 0.137. The molecule has 0 spiro atoms. The molecule has 14 heteroatoms. The van der Waals surface area contributed by atoms with Gasteiger partial charge in [-0.2, -0.15) is 10.2 Å². The van der Waals surface area contributed by atoms with Gasteiger partial charge in [0.05, 0.1) is 51.8 Å². The SMILES string of the molecule is CCOC(=O)c1cc(Cl)c2c(C(C)C)nn(-c3cccc(N(C)C)c3)c2n1.CCOC(=O)c1cc(N)c2c(C(C)C)nn(-c3cccc(N(C)C)c3)c2n1. The van der Waals surface area contributed by atoms with Crippen molar-refractivity contribution < 1.29 is 19.1 Å². The molecule has 54 heavy (non-hydrogen) atoms. The van der Waals surface area contributed by atoms with Gasteiger partial charge in [0.2, 0.25) is 0 Å². The second-order valence-electron chi connectivity index (χ2n) is 13.7. The zero-order valence-corrected chi connectivity index (χ0v) is 33.3. The fourth-order valence-electron chi connectivity index (χ4n) is 5.86. The van der Waals surface area contributed by atoms with E-state index in [0.29, 0.717) is 22.0 Å². The van der Waals surface area contributed by atoms with Crippen LogP contribution >= 0.6 is 11.6 Å². The Morgan fingerprint density at radius 2 is 1.13 bits per heavy atom. The van der Waals surface area contributed by atoms with Crippen molar-refractivity contribution in [2.75, 3.05) is 56.9 Å². The van der Waals surface area contributed by atoms with Gasteiger partial charge in [0.1, 0.15) is 0 Å². The van der Waals surface area contributed by atoms with Crippen LogP contribution in [-0.4, -0.2) is 82.9 Å². The maximum absolute atomic E-state index is 12.2. The van der Waals surface area contributed by atoms with Crippen LogP contribution in [0.5, 0.6) is 0 Å². The van der Waals surface area contributed by atoms with Gasteiger partial charge in [0.15, 0.2) is 22.7 Å². The van der Waals surface area contributed by atoms with E-state index in [4.69, 9.17) is 37.0 Å². The monoisotopic (exact) mass is 753 g/mol. The summed E-state index contributed by atoms with van der Waals surface area (Å²) in [4.78, 5) is 37.5. The molecule has 13 nitrogen and oxygen atoms in total. The molecule has 0 amide bonds. The molecule has 0 bridgehead atoms. The molecule has 4 aromatic heterocycles. The Morgan fingerprint density at radius 3 is 1.56 bits per heavy atom.